The Hall–Kier alpha value is -1.75. The Morgan fingerprint density at radius 3 is 2.63 bits per heavy atom. The molecular formula is C14H19NO4. The maximum absolute atomic E-state index is 11.1. The van der Waals surface area contributed by atoms with Gasteiger partial charge in [-0.3, -0.25) is 9.69 Å². The first-order valence-corrected chi connectivity index (χ1v) is 6.51. The van der Waals surface area contributed by atoms with Crippen LogP contribution in [0.1, 0.15) is 31.9 Å². The van der Waals surface area contributed by atoms with Gasteiger partial charge < -0.3 is 14.6 Å². The smallest absolute Gasteiger partial charge is 0.305 e. The highest BCUT2D eigenvalue weighted by atomic mass is 16.7. The van der Waals surface area contributed by atoms with E-state index >= 15 is 0 Å². The molecule has 104 valence electrons. The van der Waals surface area contributed by atoms with Crippen molar-refractivity contribution in [1.82, 2.24) is 4.90 Å². The van der Waals surface area contributed by atoms with E-state index in [0.717, 1.165) is 24.4 Å². The molecule has 0 spiro atoms. The van der Waals surface area contributed by atoms with Gasteiger partial charge in [-0.05, 0) is 30.8 Å². The molecule has 1 atom stereocenters. The van der Waals surface area contributed by atoms with Gasteiger partial charge in [0.25, 0.3) is 0 Å². The molecular weight excluding hydrogens is 246 g/mol. The van der Waals surface area contributed by atoms with Gasteiger partial charge in [-0.25, -0.2) is 0 Å². The van der Waals surface area contributed by atoms with Crippen LogP contribution in [0, 0.1) is 0 Å². The number of carbonyl (C=O) groups is 1. The van der Waals surface area contributed by atoms with Crippen molar-refractivity contribution in [2.45, 2.75) is 26.3 Å². The SMILES string of the molecule is CCN(CC)C(CC(=O)O)c1ccc2c(c1)OCO2. The van der Waals surface area contributed by atoms with E-state index in [0.29, 0.717) is 5.75 Å². The Bertz CT molecular complexity index is 457. The molecule has 2 rings (SSSR count). The molecule has 0 bridgehead atoms. The third kappa shape index (κ3) is 2.98. The highest BCUT2D eigenvalue weighted by Crippen LogP contribution is 2.36. The van der Waals surface area contributed by atoms with Crippen LogP contribution in [0.3, 0.4) is 0 Å². The van der Waals surface area contributed by atoms with Crippen LogP contribution in [0.25, 0.3) is 0 Å². The van der Waals surface area contributed by atoms with Crippen LogP contribution in [0.2, 0.25) is 0 Å². The number of fused-ring (bicyclic) bond motifs is 1. The van der Waals surface area contributed by atoms with Crippen molar-refractivity contribution >= 4 is 5.97 Å². The fourth-order valence-corrected chi connectivity index (χ4v) is 2.41. The maximum Gasteiger partial charge on any atom is 0.305 e. The molecule has 1 heterocycles. The van der Waals surface area contributed by atoms with E-state index < -0.39 is 5.97 Å². The average molecular weight is 265 g/mol. The van der Waals surface area contributed by atoms with Gasteiger partial charge in [-0.1, -0.05) is 19.9 Å². The van der Waals surface area contributed by atoms with Crippen molar-refractivity contribution in [3.63, 3.8) is 0 Å². The van der Waals surface area contributed by atoms with Crippen molar-refractivity contribution < 1.29 is 19.4 Å². The van der Waals surface area contributed by atoms with Gasteiger partial charge in [-0.15, -0.1) is 0 Å². The zero-order valence-electron chi connectivity index (χ0n) is 11.3. The number of hydrogen-bond acceptors (Lipinski definition) is 4. The van der Waals surface area contributed by atoms with Crippen LogP contribution < -0.4 is 9.47 Å². The molecule has 0 amide bonds. The van der Waals surface area contributed by atoms with Crippen molar-refractivity contribution in [2.75, 3.05) is 19.9 Å². The van der Waals surface area contributed by atoms with Crippen LogP contribution in [0.5, 0.6) is 11.5 Å². The Balaban J connectivity index is 2.29. The van der Waals surface area contributed by atoms with Gasteiger partial charge in [0.05, 0.1) is 6.42 Å². The molecule has 0 saturated heterocycles. The van der Waals surface area contributed by atoms with Crippen LogP contribution in [-0.4, -0.2) is 35.9 Å². The quantitative estimate of drug-likeness (QED) is 0.855. The molecule has 0 aromatic heterocycles. The van der Waals surface area contributed by atoms with Gasteiger partial charge in [0.15, 0.2) is 11.5 Å². The first-order chi connectivity index (χ1) is 9.15. The van der Waals surface area contributed by atoms with Crippen LogP contribution in [-0.2, 0) is 4.79 Å². The molecule has 1 aromatic rings. The second-order valence-electron chi connectivity index (χ2n) is 4.45. The summed E-state index contributed by atoms with van der Waals surface area (Å²) in [5.74, 6) is 0.618. The summed E-state index contributed by atoms with van der Waals surface area (Å²) in [5.41, 5.74) is 0.954. The lowest BCUT2D eigenvalue weighted by Crippen LogP contribution is -2.30. The molecule has 19 heavy (non-hydrogen) atoms. The lowest BCUT2D eigenvalue weighted by atomic mass is 10.0. The number of carboxylic acid groups (broad SMARTS) is 1. The lowest BCUT2D eigenvalue weighted by Gasteiger charge is -2.29. The number of carboxylic acids is 1. The molecule has 0 saturated carbocycles. The van der Waals surface area contributed by atoms with Crippen LogP contribution >= 0.6 is 0 Å². The Kier molecular flexibility index (Phi) is 4.27. The zero-order chi connectivity index (χ0) is 13.8. The summed E-state index contributed by atoms with van der Waals surface area (Å²) < 4.78 is 10.6. The number of hydrogen-bond donors (Lipinski definition) is 1. The average Bonchev–Trinajstić information content (AvgIpc) is 2.85. The fourth-order valence-electron chi connectivity index (χ4n) is 2.41. The highest BCUT2D eigenvalue weighted by molar-refractivity contribution is 5.68. The molecule has 1 unspecified atom stereocenters. The number of aliphatic carboxylic acids is 1. The Labute approximate surface area is 112 Å². The second-order valence-corrected chi connectivity index (χ2v) is 4.45. The number of ether oxygens (including phenoxy) is 2. The minimum Gasteiger partial charge on any atom is -0.481 e. The number of nitrogens with zero attached hydrogens (tertiary/aromatic N) is 1. The standard InChI is InChI=1S/C14H19NO4/c1-3-15(4-2)11(8-14(16)17)10-5-6-12-13(7-10)19-9-18-12/h5-7,11H,3-4,8-9H2,1-2H3,(H,16,17). The van der Waals surface area contributed by atoms with Crippen molar-refractivity contribution in [2.24, 2.45) is 0 Å². The number of benzene rings is 1. The third-order valence-corrected chi connectivity index (χ3v) is 3.40. The molecule has 5 heteroatoms. The van der Waals surface area contributed by atoms with Gasteiger partial charge in [0.2, 0.25) is 6.79 Å². The van der Waals surface area contributed by atoms with E-state index in [2.05, 4.69) is 4.90 Å². The summed E-state index contributed by atoms with van der Waals surface area (Å²) in [7, 11) is 0. The molecule has 1 N–H and O–H groups in total. The molecule has 1 aromatic carbocycles. The van der Waals surface area contributed by atoms with Gasteiger partial charge in [0.1, 0.15) is 0 Å². The van der Waals surface area contributed by atoms with Gasteiger partial charge in [-0.2, -0.15) is 0 Å². The van der Waals surface area contributed by atoms with Crippen molar-refractivity contribution in [3.8, 4) is 11.5 Å². The van der Waals surface area contributed by atoms with E-state index in [9.17, 15) is 4.79 Å². The monoisotopic (exact) mass is 265 g/mol. The highest BCUT2D eigenvalue weighted by Gasteiger charge is 2.23. The van der Waals surface area contributed by atoms with E-state index in [-0.39, 0.29) is 19.3 Å². The number of rotatable bonds is 6. The first-order valence-electron chi connectivity index (χ1n) is 6.51. The lowest BCUT2D eigenvalue weighted by molar-refractivity contribution is -0.138. The summed E-state index contributed by atoms with van der Waals surface area (Å²) in [6.45, 7) is 5.91. The van der Waals surface area contributed by atoms with Crippen molar-refractivity contribution in [1.29, 1.82) is 0 Å². The van der Waals surface area contributed by atoms with E-state index in [1.165, 1.54) is 0 Å². The Morgan fingerprint density at radius 1 is 1.32 bits per heavy atom. The summed E-state index contributed by atoms with van der Waals surface area (Å²) in [5, 5.41) is 9.10. The minimum absolute atomic E-state index is 0.0846. The van der Waals surface area contributed by atoms with Gasteiger partial charge in [0, 0.05) is 6.04 Å². The normalized spacial score (nSPS) is 14.7. The van der Waals surface area contributed by atoms with Crippen LogP contribution in [0.4, 0.5) is 0 Å². The minimum atomic E-state index is -0.797. The largest absolute Gasteiger partial charge is 0.481 e. The maximum atomic E-state index is 11.1. The van der Waals surface area contributed by atoms with Gasteiger partial charge >= 0.3 is 5.97 Å². The second kappa shape index (κ2) is 5.93. The molecule has 1 aliphatic heterocycles. The first kappa shape index (κ1) is 13.7. The predicted molar refractivity (Wildman–Crippen MR) is 70.5 cm³/mol. The Morgan fingerprint density at radius 2 is 2.00 bits per heavy atom. The van der Waals surface area contributed by atoms with Crippen molar-refractivity contribution in [3.05, 3.63) is 23.8 Å². The zero-order valence-corrected chi connectivity index (χ0v) is 11.3. The summed E-state index contributed by atoms with van der Waals surface area (Å²) in [4.78, 5) is 13.2. The predicted octanol–water partition coefficient (Wildman–Crippen LogP) is 2.27. The molecule has 0 aliphatic carbocycles. The fraction of sp³-hybridized carbons (Fsp3) is 0.500. The van der Waals surface area contributed by atoms with E-state index in [4.69, 9.17) is 14.6 Å². The molecule has 0 fully saturated rings. The third-order valence-electron chi connectivity index (χ3n) is 3.40. The van der Waals surface area contributed by atoms with E-state index in [1.807, 2.05) is 32.0 Å². The summed E-state index contributed by atoms with van der Waals surface area (Å²) in [6, 6.07) is 5.51. The summed E-state index contributed by atoms with van der Waals surface area (Å²) >= 11 is 0. The van der Waals surface area contributed by atoms with E-state index in [1.54, 1.807) is 0 Å². The molecule has 0 radical (unpaired) electrons. The van der Waals surface area contributed by atoms with Crippen LogP contribution in [0.15, 0.2) is 18.2 Å². The molecule has 1 aliphatic rings. The molecule has 5 nitrogen and oxygen atoms in total. The summed E-state index contributed by atoms with van der Waals surface area (Å²) in [6.07, 6.45) is 0.0846. The topological polar surface area (TPSA) is 59.0 Å².